The average Bonchev–Trinajstić information content (AvgIpc) is 2.34. The van der Waals surface area contributed by atoms with E-state index in [1.807, 2.05) is 10.6 Å². The van der Waals surface area contributed by atoms with Crippen molar-refractivity contribution in [3.8, 4) is 5.75 Å². The summed E-state index contributed by atoms with van der Waals surface area (Å²) in [4.78, 5) is 45.4. The van der Waals surface area contributed by atoms with E-state index in [0.717, 1.165) is 0 Å². The van der Waals surface area contributed by atoms with Gasteiger partial charge in [-0.3, -0.25) is 25.0 Å². The first-order valence-corrected chi connectivity index (χ1v) is 5.23. The fourth-order valence-electron chi connectivity index (χ4n) is 1.48. The maximum absolute atomic E-state index is 11.8. The van der Waals surface area contributed by atoms with Crippen LogP contribution >= 0.6 is 0 Å². The lowest BCUT2D eigenvalue weighted by Gasteiger charge is -2.21. The van der Waals surface area contributed by atoms with Crippen molar-refractivity contribution in [2.45, 2.75) is 6.04 Å². The van der Waals surface area contributed by atoms with Crippen LogP contribution in [0, 0.1) is 0 Å². The van der Waals surface area contributed by atoms with Gasteiger partial charge in [0.2, 0.25) is 0 Å². The molecule has 0 unspecified atom stereocenters. The summed E-state index contributed by atoms with van der Waals surface area (Å²) < 4.78 is 0. The molecule has 1 heterocycles. The second kappa shape index (κ2) is 4.77. The third-order valence-electron chi connectivity index (χ3n) is 2.40. The second-order valence-corrected chi connectivity index (χ2v) is 3.76. The molecule has 8 nitrogen and oxygen atoms in total. The number of benzene rings is 1. The summed E-state index contributed by atoms with van der Waals surface area (Å²) in [6.07, 6.45) is 0. The van der Waals surface area contributed by atoms with Crippen LogP contribution < -0.4 is 16.0 Å². The number of hydrogen-bond donors (Lipinski definition) is 4. The van der Waals surface area contributed by atoms with Crippen LogP contribution in [0.2, 0.25) is 0 Å². The Kier molecular flexibility index (Phi) is 3.15. The number of phenols is 1. The van der Waals surface area contributed by atoms with Crippen LogP contribution in [0.3, 0.4) is 0 Å². The Bertz CT molecular complexity index is 546. The molecule has 19 heavy (non-hydrogen) atoms. The van der Waals surface area contributed by atoms with Crippen LogP contribution in [-0.2, 0) is 9.59 Å². The molecule has 1 aliphatic heterocycles. The van der Waals surface area contributed by atoms with Gasteiger partial charge in [0, 0.05) is 5.56 Å². The van der Waals surface area contributed by atoms with E-state index in [9.17, 15) is 19.2 Å². The van der Waals surface area contributed by atoms with Gasteiger partial charge in [-0.1, -0.05) is 0 Å². The summed E-state index contributed by atoms with van der Waals surface area (Å²) in [5.74, 6) is -2.50. The number of imide groups is 2. The number of urea groups is 1. The van der Waals surface area contributed by atoms with Crippen LogP contribution in [-0.4, -0.2) is 34.9 Å². The number of phenolic OH excluding ortho intramolecular Hbond substituents is 1. The molecule has 2 rings (SSSR count). The van der Waals surface area contributed by atoms with Gasteiger partial charge in [-0.05, 0) is 24.3 Å². The van der Waals surface area contributed by atoms with Gasteiger partial charge in [0.05, 0.1) is 0 Å². The second-order valence-electron chi connectivity index (χ2n) is 3.76. The lowest BCUT2D eigenvalue weighted by atomic mass is 10.1. The molecule has 8 heteroatoms. The Hall–Kier alpha value is -2.90. The number of amides is 5. The van der Waals surface area contributed by atoms with Crippen molar-refractivity contribution < 1.29 is 24.3 Å². The monoisotopic (exact) mass is 263 g/mol. The molecule has 0 bridgehead atoms. The van der Waals surface area contributed by atoms with E-state index in [4.69, 9.17) is 5.11 Å². The van der Waals surface area contributed by atoms with Crippen LogP contribution in [0.4, 0.5) is 4.79 Å². The highest BCUT2D eigenvalue weighted by Gasteiger charge is 2.35. The highest BCUT2D eigenvalue weighted by molar-refractivity contribution is 6.20. The number of barbiturate groups is 1. The molecule has 1 saturated heterocycles. The van der Waals surface area contributed by atoms with E-state index in [1.54, 1.807) is 0 Å². The first kappa shape index (κ1) is 12.6. The Labute approximate surface area is 106 Å². The van der Waals surface area contributed by atoms with Crippen molar-refractivity contribution >= 4 is 23.8 Å². The van der Waals surface area contributed by atoms with Crippen LogP contribution in [0.1, 0.15) is 10.4 Å². The lowest BCUT2D eigenvalue weighted by molar-refractivity contribution is -0.132. The Morgan fingerprint density at radius 1 is 1.05 bits per heavy atom. The third-order valence-corrected chi connectivity index (χ3v) is 2.40. The van der Waals surface area contributed by atoms with Gasteiger partial charge in [-0.2, -0.15) is 0 Å². The summed E-state index contributed by atoms with van der Waals surface area (Å²) >= 11 is 0. The maximum atomic E-state index is 11.8. The summed E-state index contributed by atoms with van der Waals surface area (Å²) in [6, 6.07) is 2.84. The smallest absolute Gasteiger partial charge is 0.328 e. The Balaban J connectivity index is 2.10. The van der Waals surface area contributed by atoms with Gasteiger partial charge in [-0.15, -0.1) is 0 Å². The summed E-state index contributed by atoms with van der Waals surface area (Å²) in [5, 5.41) is 15.0. The lowest BCUT2D eigenvalue weighted by Crippen LogP contribution is -2.64. The number of carbonyl (C=O) groups excluding carboxylic acids is 4. The molecule has 98 valence electrons. The zero-order chi connectivity index (χ0) is 14.0. The first-order valence-electron chi connectivity index (χ1n) is 5.23. The molecule has 1 aromatic rings. The average molecular weight is 263 g/mol. The van der Waals surface area contributed by atoms with E-state index in [-0.39, 0.29) is 11.3 Å². The molecule has 1 aliphatic rings. The van der Waals surface area contributed by atoms with E-state index in [0.29, 0.717) is 0 Å². The van der Waals surface area contributed by atoms with Gasteiger partial charge in [0.25, 0.3) is 17.7 Å². The standard InChI is InChI=1S/C11H9N3O5/c15-6-3-1-5(2-4-6)8(16)12-7-9(17)13-11(19)14-10(7)18/h1-4,7,15H,(H,12,16)(H2,13,14,17,18,19). The minimum Gasteiger partial charge on any atom is -0.508 e. The molecule has 0 saturated carbocycles. The molecule has 4 N–H and O–H groups in total. The van der Waals surface area contributed by atoms with Crippen molar-refractivity contribution in [1.29, 1.82) is 0 Å². The summed E-state index contributed by atoms with van der Waals surface area (Å²) in [6.45, 7) is 0. The molecular weight excluding hydrogens is 254 g/mol. The quantitative estimate of drug-likeness (QED) is 0.502. The normalized spacial score (nSPS) is 15.7. The van der Waals surface area contributed by atoms with Gasteiger partial charge in [0.1, 0.15) is 5.75 Å². The molecule has 0 radical (unpaired) electrons. The third kappa shape index (κ3) is 2.68. The minimum absolute atomic E-state index is 0.0182. The predicted molar refractivity (Wildman–Crippen MR) is 61.0 cm³/mol. The zero-order valence-corrected chi connectivity index (χ0v) is 9.47. The molecule has 0 aliphatic carbocycles. The van der Waals surface area contributed by atoms with Crippen LogP contribution in [0.5, 0.6) is 5.75 Å². The number of nitrogens with one attached hydrogen (secondary N) is 3. The molecular formula is C11H9N3O5. The number of hydrogen-bond acceptors (Lipinski definition) is 5. The van der Waals surface area contributed by atoms with Gasteiger partial charge in [-0.25, -0.2) is 4.79 Å². The summed E-state index contributed by atoms with van der Waals surface area (Å²) in [5.41, 5.74) is 0.162. The van der Waals surface area contributed by atoms with Gasteiger partial charge >= 0.3 is 6.03 Å². The highest BCUT2D eigenvalue weighted by atomic mass is 16.3. The van der Waals surface area contributed by atoms with Gasteiger partial charge in [0.15, 0.2) is 6.04 Å². The molecule has 1 fully saturated rings. The van der Waals surface area contributed by atoms with Crippen molar-refractivity contribution in [2.24, 2.45) is 0 Å². The molecule has 1 aromatic carbocycles. The predicted octanol–water partition coefficient (Wildman–Crippen LogP) is -1.14. The van der Waals surface area contributed by atoms with Crippen molar-refractivity contribution in [3.05, 3.63) is 29.8 Å². The Morgan fingerprint density at radius 2 is 1.58 bits per heavy atom. The molecule has 0 aromatic heterocycles. The van der Waals surface area contributed by atoms with E-state index in [1.165, 1.54) is 24.3 Å². The Morgan fingerprint density at radius 3 is 2.11 bits per heavy atom. The number of rotatable bonds is 2. The fraction of sp³-hybridized carbons (Fsp3) is 0.0909. The molecule has 0 spiro atoms. The SMILES string of the molecule is O=C1NC(=O)C(NC(=O)c2ccc(O)cc2)C(=O)N1. The maximum Gasteiger partial charge on any atom is 0.328 e. The van der Waals surface area contributed by atoms with Crippen LogP contribution in [0.25, 0.3) is 0 Å². The number of carbonyl (C=O) groups is 4. The van der Waals surface area contributed by atoms with Crippen molar-refractivity contribution in [3.63, 3.8) is 0 Å². The first-order chi connectivity index (χ1) is 8.97. The van der Waals surface area contributed by atoms with E-state index >= 15 is 0 Å². The van der Waals surface area contributed by atoms with Crippen molar-refractivity contribution in [2.75, 3.05) is 0 Å². The molecule has 5 amide bonds. The van der Waals surface area contributed by atoms with Gasteiger partial charge < -0.3 is 10.4 Å². The summed E-state index contributed by atoms with van der Waals surface area (Å²) in [7, 11) is 0. The fourth-order valence-corrected chi connectivity index (χ4v) is 1.48. The zero-order valence-electron chi connectivity index (χ0n) is 9.47. The van der Waals surface area contributed by atoms with Crippen LogP contribution in [0.15, 0.2) is 24.3 Å². The highest BCUT2D eigenvalue weighted by Crippen LogP contribution is 2.09. The largest absolute Gasteiger partial charge is 0.508 e. The minimum atomic E-state index is -1.47. The molecule has 0 atom stereocenters. The number of aromatic hydroxyl groups is 1. The van der Waals surface area contributed by atoms with E-state index < -0.39 is 29.8 Å². The topological polar surface area (TPSA) is 125 Å². The van der Waals surface area contributed by atoms with Crippen molar-refractivity contribution in [1.82, 2.24) is 16.0 Å². The van der Waals surface area contributed by atoms with E-state index in [2.05, 4.69) is 5.32 Å².